The van der Waals surface area contributed by atoms with Crippen LogP contribution in [0.4, 0.5) is 0 Å². The predicted molar refractivity (Wildman–Crippen MR) is 60.6 cm³/mol. The molecule has 0 spiro atoms. The van der Waals surface area contributed by atoms with Crippen LogP contribution >= 0.6 is 0 Å². The van der Waals surface area contributed by atoms with Crippen LogP contribution in [0, 0.1) is 0 Å². The molecule has 0 amide bonds. The maximum absolute atomic E-state index is 3.99. The molecule has 1 nitrogen and oxygen atoms in total. The van der Waals surface area contributed by atoms with Crippen molar-refractivity contribution in [1.29, 1.82) is 0 Å². The van der Waals surface area contributed by atoms with E-state index in [1.807, 2.05) is 0 Å². The van der Waals surface area contributed by atoms with Crippen molar-refractivity contribution < 1.29 is 0 Å². The van der Waals surface area contributed by atoms with E-state index in [9.17, 15) is 0 Å². The summed E-state index contributed by atoms with van der Waals surface area (Å²) < 4.78 is 0. The minimum Gasteiger partial charge on any atom is -0.374 e. The average Bonchev–Trinajstić information content (AvgIpc) is 2.13. The third-order valence-corrected chi connectivity index (χ3v) is 2.05. The lowest BCUT2D eigenvalue weighted by Crippen LogP contribution is -2.17. The van der Waals surface area contributed by atoms with Crippen molar-refractivity contribution in [2.75, 3.05) is 13.6 Å². The first-order chi connectivity index (χ1) is 6.11. The van der Waals surface area contributed by atoms with E-state index in [-0.39, 0.29) is 0 Å². The van der Waals surface area contributed by atoms with E-state index in [0.29, 0.717) is 0 Å². The van der Waals surface area contributed by atoms with Crippen molar-refractivity contribution in [2.24, 2.45) is 0 Å². The summed E-state index contributed by atoms with van der Waals surface area (Å²) >= 11 is 0. The molecular weight excluding hydrogens is 158 g/mol. The molecule has 0 rings (SSSR count). The minimum absolute atomic E-state index is 0.909. The molecule has 0 aliphatic carbocycles. The van der Waals surface area contributed by atoms with Crippen molar-refractivity contribution in [3.63, 3.8) is 0 Å². The molecule has 0 aromatic carbocycles. The van der Waals surface area contributed by atoms with Gasteiger partial charge in [-0.1, -0.05) is 31.7 Å². The first kappa shape index (κ1) is 12.0. The minimum atomic E-state index is 0.909. The maximum Gasteiger partial charge on any atom is 0.0417 e. The van der Waals surface area contributed by atoms with Crippen LogP contribution < -0.4 is 0 Å². The largest absolute Gasteiger partial charge is 0.374 e. The van der Waals surface area contributed by atoms with Crippen LogP contribution in [-0.4, -0.2) is 18.5 Å². The fourth-order valence-corrected chi connectivity index (χ4v) is 0.987. The SMILES string of the molecule is C=C(C=CCC)CN(C)C(C)=CC. The summed E-state index contributed by atoms with van der Waals surface area (Å²) in [6.45, 7) is 11.2. The van der Waals surface area contributed by atoms with Gasteiger partial charge in [-0.05, 0) is 25.8 Å². The molecule has 0 aliphatic rings. The third kappa shape index (κ3) is 5.29. The molecule has 0 unspecified atom stereocenters. The molecule has 0 saturated carbocycles. The lowest BCUT2D eigenvalue weighted by Gasteiger charge is -2.19. The molecule has 0 aliphatic heterocycles. The normalized spacial score (nSPS) is 12.2. The summed E-state index contributed by atoms with van der Waals surface area (Å²) in [5.74, 6) is 0. The van der Waals surface area contributed by atoms with E-state index in [0.717, 1.165) is 18.5 Å². The monoisotopic (exact) mass is 179 g/mol. The van der Waals surface area contributed by atoms with Gasteiger partial charge in [-0.3, -0.25) is 0 Å². The second-order valence-corrected chi connectivity index (χ2v) is 3.25. The Morgan fingerprint density at radius 3 is 2.54 bits per heavy atom. The van der Waals surface area contributed by atoms with Crippen LogP contribution in [0.25, 0.3) is 0 Å². The van der Waals surface area contributed by atoms with Gasteiger partial charge in [0.05, 0.1) is 0 Å². The fourth-order valence-electron chi connectivity index (χ4n) is 0.987. The van der Waals surface area contributed by atoms with E-state index in [2.05, 4.69) is 57.5 Å². The highest BCUT2D eigenvalue weighted by molar-refractivity contribution is 5.17. The van der Waals surface area contributed by atoms with E-state index in [1.54, 1.807) is 0 Å². The smallest absolute Gasteiger partial charge is 0.0417 e. The van der Waals surface area contributed by atoms with Crippen LogP contribution in [0.2, 0.25) is 0 Å². The number of hydrogen-bond acceptors (Lipinski definition) is 1. The highest BCUT2D eigenvalue weighted by Crippen LogP contribution is 2.04. The average molecular weight is 179 g/mol. The predicted octanol–water partition coefficient (Wildman–Crippen LogP) is 3.36. The number of allylic oxidation sites excluding steroid dienone is 3. The van der Waals surface area contributed by atoms with Crippen LogP contribution in [0.5, 0.6) is 0 Å². The molecule has 0 aromatic rings. The summed E-state index contributed by atoms with van der Waals surface area (Å²) in [6.07, 6.45) is 7.42. The number of nitrogens with zero attached hydrogens (tertiary/aromatic N) is 1. The molecule has 0 N–H and O–H groups in total. The summed E-state index contributed by atoms with van der Waals surface area (Å²) in [6, 6.07) is 0. The lowest BCUT2D eigenvalue weighted by atomic mass is 10.2. The Kier molecular flexibility index (Phi) is 6.03. The molecular formula is C12H21N. The molecule has 0 heterocycles. The standard InChI is InChI=1S/C12H21N/c1-6-8-9-11(3)10-13(5)12(4)7-2/h7-9H,3,6,10H2,1-2,4-5H3. The first-order valence-electron chi connectivity index (χ1n) is 4.80. The molecule has 0 atom stereocenters. The summed E-state index contributed by atoms with van der Waals surface area (Å²) in [7, 11) is 2.08. The molecule has 0 saturated heterocycles. The topological polar surface area (TPSA) is 3.24 Å². The molecule has 0 fully saturated rings. The van der Waals surface area contributed by atoms with E-state index >= 15 is 0 Å². The maximum atomic E-state index is 3.99. The second kappa shape index (κ2) is 6.53. The van der Waals surface area contributed by atoms with Gasteiger partial charge in [0.25, 0.3) is 0 Å². The van der Waals surface area contributed by atoms with Crippen LogP contribution in [-0.2, 0) is 0 Å². The van der Waals surface area contributed by atoms with Crippen molar-refractivity contribution in [3.05, 3.63) is 36.1 Å². The zero-order valence-electron chi connectivity index (χ0n) is 9.30. The van der Waals surface area contributed by atoms with Gasteiger partial charge < -0.3 is 4.90 Å². The number of likely N-dealkylation sites (N-methyl/N-ethyl adjacent to an activating group) is 1. The second-order valence-electron chi connectivity index (χ2n) is 3.25. The Bertz CT molecular complexity index is 211. The van der Waals surface area contributed by atoms with E-state index < -0.39 is 0 Å². The van der Waals surface area contributed by atoms with Crippen LogP contribution in [0.3, 0.4) is 0 Å². The lowest BCUT2D eigenvalue weighted by molar-refractivity contribution is 0.458. The summed E-state index contributed by atoms with van der Waals surface area (Å²) in [5.41, 5.74) is 2.44. The Morgan fingerprint density at radius 2 is 2.08 bits per heavy atom. The summed E-state index contributed by atoms with van der Waals surface area (Å²) in [4.78, 5) is 2.20. The molecule has 13 heavy (non-hydrogen) atoms. The molecule has 0 bridgehead atoms. The third-order valence-electron chi connectivity index (χ3n) is 2.05. The molecule has 0 radical (unpaired) electrons. The van der Waals surface area contributed by atoms with Gasteiger partial charge in [-0.15, -0.1) is 0 Å². The zero-order chi connectivity index (χ0) is 10.3. The van der Waals surface area contributed by atoms with Crippen molar-refractivity contribution >= 4 is 0 Å². The first-order valence-corrected chi connectivity index (χ1v) is 4.80. The van der Waals surface area contributed by atoms with Gasteiger partial charge in [0.2, 0.25) is 0 Å². The van der Waals surface area contributed by atoms with Gasteiger partial charge in [0.15, 0.2) is 0 Å². The summed E-state index contributed by atoms with van der Waals surface area (Å²) in [5, 5.41) is 0. The van der Waals surface area contributed by atoms with Crippen molar-refractivity contribution in [2.45, 2.75) is 27.2 Å². The Hall–Kier alpha value is -0.980. The van der Waals surface area contributed by atoms with Gasteiger partial charge in [-0.2, -0.15) is 0 Å². The van der Waals surface area contributed by atoms with Crippen LogP contribution in [0.15, 0.2) is 36.1 Å². The highest BCUT2D eigenvalue weighted by atomic mass is 15.1. The number of hydrogen-bond donors (Lipinski definition) is 0. The Balaban J connectivity index is 3.99. The van der Waals surface area contributed by atoms with E-state index in [4.69, 9.17) is 0 Å². The molecule has 0 aromatic heterocycles. The Morgan fingerprint density at radius 1 is 1.46 bits per heavy atom. The molecule has 1 heteroatoms. The highest BCUT2D eigenvalue weighted by Gasteiger charge is 1.97. The van der Waals surface area contributed by atoms with Gasteiger partial charge in [0.1, 0.15) is 0 Å². The van der Waals surface area contributed by atoms with Gasteiger partial charge >= 0.3 is 0 Å². The van der Waals surface area contributed by atoms with Crippen molar-refractivity contribution in [3.8, 4) is 0 Å². The molecule has 74 valence electrons. The van der Waals surface area contributed by atoms with Gasteiger partial charge in [-0.25, -0.2) is 0 Å². The van der Waals surface area contributed by atoms with Crippen LogP contribution in [0.1, 0.15) is 27.2 Å². The number of rotatable bonds is 5. The Labute approximate surface area is 82.4 Å². The zero-order valence-corrected chi connectivity index (χ0v) is 9.30. The van der Waals surface area contributed by atoms with Crippen molar-refractivity contribution in [1.82, 2.24) is 4.90 Å². The van der Waals surface area contributed by atoms with E-state index in [1.165, 1.54) is 5.70 Å². The van der Waals surface area contributed by atoms with Gasteiger partial charge in [0, 0.05) is 19.3 Å². The quantitative estimate of drug-likeness (QED) is 0.585. The fraction of sp³-hybridized carbons (Fsp3) is 0.500.